The van der Waals surface area contributed by atoms with Crippen LogP contribution in [0.3, 0.4) is 0 Å². The second kappa shape index (κ2) is 9.46. The standard InChI is InChI=1S/C10H15IO3/c1-3-13-10(14-4-2)7-5-6-9(11)8-12/h6,10,12H,3-4,8H2,1-2H3/b9-6-. The molecule has 4 heteroatoms. The SMILES string of the molecule is CCOC(C#C/C=C(\I)CO)OCC. The molecule has 0 aromatic carbocycles. The van der Waals surface area contributed by atoms with Crippen molar-refractivity contribution in [2.75, 3.05) is 19.8 Å². The smallest absolute Gasteiger partial charge is 0.222 e. The van der Waals surface area contributed by atoms with Crippen molar-refractivity contribution >= 4 is 22.6 Å². The zero-order valence-corrected chi connectivity index (χ0v) is 10.6. The van der Waals surface area contributed by atoms with E-state index in [1.807, 2.05) is 36.4 Å². The van der Waals surface area contributed by atoms with E-state index in [4.69, 9.17) is 14.6 Å². The second-order valence-corrected chi connectivity index (χ2v) is 3.67. The molecular formula is C10H15IO3. The largest absolute Gasteiger partial charge is 0.391 e. The van der Waals surface area contributed by atoms with Gasteiger partial charge < -0.3 is 14.6 Å². The van der Waals surface area contributed by atoms with E-state index in [-0.39, 0.29) is 6.61 Å². The normalized spacial score (nSPS) is 11.4. The van der Waals surface area contributed by atoms with Gasteiger partial charge in [-0.2, -0.15) is 0 Å². The maximum atomic E-state index is 8.70. The van der Waals surface area contributed by atoms with Crippen molar-refractivity contribution < 1.29 is 14.6 Å². The Labute approximate surface area is 98.6 Å². The van der Waals surface area contributed by atoms with E-state index >= 15 is 0 Å². The topological polar surface area (TPSA) is 38.7 Å². The van der Waals surface area contributed by atoms with Crippen LogP contribution in [0.15, 0.2) is 9.66 Å². The van der Waals surface area contributed by atoms with Gasteiger partial charge in [-0.1, -0.05) is 5.92 Å². The van der Waals surface area contributed by atoms with Gasteiger partial charge in [-0.15, -0.1) is 0 Å². The van der Waals surface area contributed by atoms with Crippen LogP contribution in [0.5, 0.6) is 0 Å². The molecule has 0 fully saturated rings. The predicted octanol–water partition coefficient (Wildman–Crippen LogP) is 1.70. The molecule has 0 rings (SSSR count). The average Bonchev–Trinajstić information content (AvgIpc) is 2.18. The minimum Gasteiger partial charge on any atom is -0.391 e. The van der Waals surface area contributed by atoms with Crippen molar-refractivity contribution in [2.45, 2.75) is 20.1 Å². The van der Waals surface area contributed by atoms with Gasteiger partial charge >= 0.3 is 0 Å². The fourth-order valence-corrected chi connectivity index (χ4v) is 0.824. The first-order valence-corrected chi connectivity index (χ1v) is 5.52. The molecule has 0 saturated heterocycles. The van der Waals surface area contributed by atoms with Crippen molar-refractivity contribution in [3.05, 3.63) is 9.66 Å². The van der Waals surface area contributed by atoms with Gasteiger partial charge in [0.15, 0.2) is 0 Å². The van der Waals surface area contributed by atoms with Crippen LogP contribution >= 0.6 is 22.6 Å². The summed E-state index contributed by atoms with van der Waals surface area (Å²) in [4.78, 5) is 0. The third kappa shape index (κ3) is 7.33. The maximum Gasteiger partial charge on any atom is 0.222 e. The van der Waals surface area contributed by atoms with Crippen LogP contribution in [0.1, 0.15) is 13.8 Å². The molecule has 3 nitrogen and oxygen atoms in total. The Morgan fingerprint density at radius 3 is 2.43 bits per heavy atom. The molecule has 0 spiro atoms. The number of rotatable bonds is 5. The van der Waals surface area contributed by atoms with E-state index in [2.05, 4.69) is 11.8 Å². The first-order valence-electron chi connectivity index (χ1n) is 4.44. The van der Waals surface area contributed by atoms with Crippen LogP contribution in [0.25, 0.3) is 0 Å². The van der Waals surface area contributed by atoms with Crippen molar-refractivity contribution in [1.82, 2.24) is 0 Å². The summed E-state index contributed by atoms with van der Waals surface area (Å²) in [5.74, 6) is 5.58. The minimum absolute atomic E-state index is 0.0170. The number of ether oxygens (including phenoxy) is 2. The van der Waals surface area contributed by atoms with Crippen molar-refractivity contribution in [3.63, 3.8) is 0 Å². The minimum atomic E-state index is -0.468. The van der Waals surface area contributed by atoms with Crippen LogP contribution in [0.4, 0.5) is 0 Å². The Morgan fingerprint density at radius 1 is 1.43 bits per heavy atom. The molecule has 14 heavy (non-hydrogen) atoms. The highest BCUT2D eigenvalue weighted by Crippen LogP contribution is 2.02. The lowest BCUT2D eigenvalue weighted by Crippen LogP contribution is -2.14. The van der Waals surface area contributed by atoms with Gasteiger partial charge in [-0.25, -0.2) is 0 Å². The third-order valence-corrected chi connectivity index (χ3v) is 1.87. The van der Waals surface area contributed by atoms with Gasteiger partial charge in [-0.3, -0.25) is 0 Å². The quantitative estimate of drug-likeness (QED) is 0.477. The highest BCUT2D eigenvalue weighted by Gasteiger charge is 2.00. The predicted molar refractivity (Wildman–Crippen MR) is 64.0 cm³/mol. The van der Waals surface area contributed by atoms with Gasteiger partial charge in [0, 0.05) is 16.8 Å². The number of halogens is 1. The Morgan fingerprint density at radius 2 is 2.00 bits per heavy atom. The lowest BCUT2D eigenvalue weighted by atomic mass is 10.5. The van der Waals surface area contributed by atoms with Crippen LogP contribution in [0, 0.1) is 11.8 Å². The Bertz CT molecular complexity index is 221. The van der Waals surface area contributed by atoms with E-state index < -0.39 is 6.29 Å². The van der Waals surface area contributed by atoms with Gasteiger partial charge in [0.25, 0.3) is 0 Å². The molecule has 0 unspecified atom stereocenters. The summed E-state index contributed by atoms with van der Waals surface area (Å²) in [6, 6.07) is 0. The monoisotopic (exact) mass is 310 g/mol. The number of allylic oxidation sites excluding steroid dienone is 1. The van der Waals surface area contributed by atoms with Crippen LogP contribution in [-0.2, 0) is 9.47 Å². The molecule has 0 aromatic heterocycles. The zero-order chi connectivity index (χ0) is 10.8. The van der Waals surface area contributed by atoms with Gasteiger partial charge in [-0.05, 0) is 48.4 Å². The average molecular weight is 310 g/mol. The zero-order valence-electron chi connectivity index (χ0n) is 8.42. The molecule has 80 valence electrons. The maximum absolute atomic E-state index is 8.70. The van der Waals surface area contributed by atoms with Crippen LogP contribution < -0.4 is 0 Å². The van der Waals surface area contributed by atoms with E-state index in [0.717, 1.165) is 3.58 Å². The number of hydrogen-bond donors (Lipinski definition) is 1. The van der Waals surface area contributed by atoms with Crippen molar-refractivity contribution in [1.29, 1.82) is 0 Å². The highest BCUT2D eigenvalue weighted by atomic mass is 127. The molecular weight excluding hydrogens is 295 g/mol. The molecule has 0 saturated carbocycles. The van der Waals surface area contributed by atoms with E-state index in [1.54, 1.807) is 6.08 Å². The second-order valence-electron chi connectivity index (χ2n) is 2.28. The van der Waals surface area contributed by atoms with Gasteiger partial charge in [0.05, 0.1) is 6.61 Å². The van der Waals surface area contributed by atoms with E-state index in [9.17, 15) is 0 Å². The summed E-state index contributed by atoms with van der Waals surface area (Å²) in [6.45, 7) is 4.94. The van der Waals surface area contributed by atoms with E-state index in [0.29, 0.717) is 13.2 Å². The molecule has 0 aliphatic rings. The molecule has 1 N–H and O–H groups in total. The molecule has 0 amide bonds. The summed E-state index contributed by atoms with van der Waals surface area (Å²) in [5.41, 5.74) is 0. The molecule has 0 aromatic rings. The Hall–Kier alpha value is -0.0900. The lowest BCUT2D eigenvalue weighted by molar-refractivity contribution is -0.0969. The number of aliphatic hydroxyl groups excluding tert-OH is 1. The van der Waals surface area contributed by atoms with Crippen molar-refractivity contribution in [3.8, 4) is 11.8 Å². The summed E-state index contributed by atoms with van der Waals surface area (Å²) >= 11 is 2.02. The molecule has 0 aliphatic carbocycles. The third-order valence-electron chi connectivity index (χ3n) is 1.22. The van der Waals surface area contributed by atoms with Crippen LogP contribution in [-0.4, -0.2) is 31.2 Å². The summed E-state index contributed by atoms with van der Waals surface area (Å²) in [6.07, 6.45) is 1.18. The summed E-state index contributed by atoms with van der Waals surface area (Å²) in [5, 5.41) is 8.70. The Kier molecular flexibility index (Phi) is 9.40. The Balaban J connectivity index is 4.11. The fraction of sp³-hybridized carbons (Fsp3) is 0.600. The first kappa shape index (κ1) is 13.9. The van der Waals surface area contributed by atoms with Gasteiger partial charge in [0.2, 0.25) is 6.29 Å². The summed E-state index contributed by atoms with van der Waals surface area (Å²) < 4.78 is 11.2. The molecule has 0 aliphatic heterocycles. The first-order chi connectivity index (χ1) is 6.74. The van der Waals surface area contributed by atoms with Crippen LogP contribution in [0.2, 0.25) is 0 Å². The molecule has 0 atom stereocenters. The number of hydrogen-bond acceptors (Lipinski definition) is 3. The molecule has 0 radical (unpaired) electrons. The fourth-order valence-electron chi connectivity index (χ4n) is 0.668. The number of aliphatic hydroxyl groups is 1. The highest BCUT2D eigenvalue weighted by molar-refractivity contribution is 14.1. The van der Waals surface area contributed by atoms with E-state index in [1.165, 1.54) is 0 Å². The van der Waals surface area contributed by atoms with Gasteiger partial charge in [0.1, 0.15) is 0 Å². The molecule has 0 heterocycles. The van der Waals surface area contributed by atoms with Crippen molar-refractivity contribution in [2.24, 2.45) is 0 Å². The molecule has 0 bridgehead atoms. The lowest BCUT2D eigenvalue weighted by Gasteiger charge is -2.09. The summed E-state index contributed by atoms with van der Waals surface area (Å²) in [7, 11) is 0.